The second-order valence-corrected chi connectivity index (χ2v) is 6.57. The highest BCUT2D eigenvalue weighted by Gasteiger charge is 2.29. The van der Waals surface area contributed by atoms with Gasteiger partial charge in [0.1, 0.15) is 17.9 Å². The third-order valence-corrected chi connectivity index (χ3v) is 4.30. The summed E-state index contributed by atoms with van der Waals surface area (Å²) in [5.74, 6) is -0.212. The number of halogens is 1. The van der Waals surface area contributed by atoms with E-state index in [0.717, 1.165) is 24.3 Å². The van der Waals surface area contributed by atoms with Gasteiger partial charge < -0.3 is 14.6 Å². The minimum absolute atomic E-state index is 0.112. The Morgan fingerprint density at radius 3 is 2.74 bits per heavy atom. The zero-order valence-corrected chi connectivity index (χ0v) is 13.9. The summed E-state index contributed by atoms with van der Waals surface area (Å²) in [6, 6.07) is 10.8. The molecule has 0 amide bonds. The van der Waals surface area contributed by atoms with Gasteiger partial charge >= 0.3 is 0 Å². The Bertz CT molecular complexity index is 648. The maximum atomic E-state index is 13.4. The number of hydrogen-bond donors (Lipinski definition) is 2. The maximum absolute atomic E-state index is 13.4. The van der Waals surface area contributed by atoms with E-state index in [-0.39, 0.29) is 18.0 Å². The van der Waals surface area contributed by atoms with Gasteiger partial charge in [-0.3, -0.25) is 0 Å². The van der Waals surface area contributed by atoms with Crippen molar-refractivity contribution in [1.29, 1.82) is 0 Å². The number of nitrogens with one attached hydrogen (secondary N) is 1. The van der Waals surface area contributed by atoms with Gasteiger partial charge in [-0.25, -0.2) is 4.39 Å². The zero-order valence-electron chi connectivity index (χ0n) is 13.9. The number of aliphatic hydroxyl groups is 1. The van der Waals surface area contributed by atoms with Crippen molar-refractivity contribution in [2.75, 3.05) is 13.2 Å². The van der Waals surface area contributed by atoms with Crippen molar-refractivity contribution in [3.63, 3.8) is 0 Å². The first-order valence-electron chi connectivity index (χ1n) is 7.91. The number of quaternary nitrogens is 1. The van der Waals surface area contributed by atoms with Crippen LogP contribution in [0.5, 0.6) is 0 Å². The van der Waals surface area contributed by atoms with Crippen molar-refractivity contribution in [2.45, 2.75) is 32.5 Å². The summed E-state index contributed by atoms with van der Waals surface area (Å²) in [5.41, 5.74) is 1.85. The molecule has 2 N–H and O–H groups in total. The van der Waals surface area contributed by atoms with Crippen molar-refractivity contribution in [3.8, 4) is 0 Å². The van der Waals surface area contributed by atoms with Crippen molar-refractivity contribution in [1.82, 2.24) is 4.57 Å². The minimum atomic E-state index is -0.248. The van der Waals surface area contributed by atoms with Crippen LogP contribution in [0, 0.1) is 5.82 Å². The average Bonchev–Trinajstić information content (AvgIpc) is 2.94. The average molecular weight is 317 g/mol. The highest BCUT2D eigenvalue weighted by Crippen LogP contribution is 2.09. The third-order valence-electron chi connectivity index (χ3n) is 4.30. The Morgan fingerprint density at radius 1 is 1.30 bits per heavy atom. The summed E-state index contributed by atoms with van der Waals surface area (Å²) in [5, 5.41) is 9.65. The maximum Gasteiger partial charge on any atom is 0.123 e. The molecule has 3 nitrogen and oxygen atoms in total. The van der Waals surface area contributed by atoms with Gasteiger partial charge in [0.2, 0.25) is 0 Å². The molecule has 4 heteroatoms. The molecule has 1 heterocycles. The summed E-state index contributed by atoms with van der Waals surface area (Å²) in [6.07, 6.45) is 3.89. The number of benzene rings is 1. The molecule has 1 aromatic heterocycles. The second-order valence-electron chi connectivity index (χ2n) is 6.57. The molecule has 0 aliphatic carbocycles. The van der Waals surface area contributed by atoms with Crippen molar-refractivity contribution >= 4 is 0 Å². The molecular formula is C19H26FN2O+. The molecular weight excluding hydrogens is 291 g/mol. The van der Waals surface area contributed by atoms with Crippen LogP contribution in [0.15, 0.2) is 55.3 Å². The van der Waals surface area contributed by atoms with E-state index in [1.54, 1.807) is 12.1 Å². The predicted octanol–water partition coefficient (Wildman–Crippen LogP) is 2.02. The number of rotatable bonds is 8. The molecule has 0 spiro atoms. The van der Waals surface area contributed by atoms with Crippen LogP contribution in [-0.4, -0.2) is 28.4 Å². The molecule has 0 aliphatic heterocycles. The standard InChI is InChI=1S/C19H25FN2O/c1-4-10-22(19(2,3)15-23)14-18-9-6-11-21(18)13-16-7-5-8-17(20)12-16/h4-9,11-12,23H,1,10,13-15H2,2-3H3/p+1. The van der Waals surface area contributed by atoms with E-state index < -0.39 is 0 Å². The summed E-state index contributed by atoms with van der Waals surface area (Å²) in [7, 11) is 0. The normalized spacial score (nSPS) is 13.0. The van der Waals surface area contributed by atoms with Crippen LogP contribution in [-0.2, 0) is 13.1 Å². The first kappa shape index (κ1) is 17.4. The van der Waals surface area contributed by atoms with E-state index >= 15 is 0 Å². The fourth-order valence-corrected chi connectivity index (χ4v) is 2.69. The van der Waals surface area contributed by atoms with Crippen LogP contribution in [0.25, 0.3) is 0 Å². The predicted molar refractivity (Wildman–Crippen MR) is 90.8 cm³/mol. The molecule has 0 aliphatic rings. The van der Waals surface area contributed by atoms with Crippen LogP contribution in [0.3, 0.4) is 0 Å². The largest absolute Gasteiger partial charge is 0.390 e. The summed E-state index contributed by atoms with van der Waals surface area (Å²) < 4.78 is 15.5. The van der Waals surface area contributed by atoms with Gasteiger partial charge in [-0.1, -0.05) is 18.7 Å². The molecule has 0 bridgehead atoms. The molecule has 1 aromatic carbocycles. The van der Waals surface area contributed by atoms with Gasteiger partial charge in [0.25, 0.3) is 0 Å². The number of aliphatic hydroxyl groups excluding tert-OH is 1. The molecule has 1 atom stereocenters. The van der Waals surface area contributed by atoms with Crippen LogP contribution in [0.4, 0.5) is 4.39 Å². The third kappa shape index (κ3) is 4.53. The molecule has 1 unspecified atom stereocenters. The number of hydrogen-bond acceptors (Lipinski definition) is 1. The fraction of sp³-hybridized carbons (Fsp3) is 0.368. The van der Waals surface area contributed by atoms with Gasteiger partial charge in [-0.05, 0) is 49.8 Å². The van der Waals surface area contributed by atoms with Crippen LogP contribution >= 0.6 is 0 Å². The Hall–Kier alpha value is -1.91. The Morgan fingerprint density at radius 2 is 2.09 bits per heavy atom. The molecule has 0 saturated heterocycles. The fourth-order valence-electron chi connectivity index (χ4n) is 2.69. The second kappa shape index (κ2) is 7.57. The van der Waals surface area contributed by atoms with Gasteiger partial charge in [0, 0.05) is 12.7 Å². The van der Waals surface area contributed by atoms with E-state index in [9.17, 15) is 9.50 Å². The first-order chi connectivity index (χ1) is 11.0. The lowest BCUT2D eigenvalue weighted by Crippen LogP contribution is -3.18. The lowest BCUT2D eigenvalue weighted by Gasteiger charge is -2.33. The monoisotopic (exact) mass is 317 g/mol. The van der Waals surface area contributed by atoms with Gasteiger partial charge in [-0.15, -0.1) is 0 Å². The number of nitrogens with zero attached hydrogens (tertiary/aromatic N) is 1. The molecule has 2 rings (SSSR count). The lowest BCUT2D eigenvalue weighted by atomic mass is 10.0. The Labute approximate surface area is 137 Å². The molecule has 2 aromatic rings. The Kier molecular flexibility index (Phi) is 5.74. The highest BCUT2D eigenvalue weighted by molar-refractivity contribution is 5.18. The van der Waals surface area contributed by atoms with Gasteiger partial charge in [0.05, 0.1) is 18.8 Å². The van der Waals surface area contributed by atoms with Crippen molar-refractivity contribution in [3.05, 3.63) is 72.3 Å². The van der Waals surface area contributed by atoms with E-state index in [4.69, 9.17) is 0 Å². The lowest BCUT2D eigenvalue weighted by molar-refractivity contribution is -0.957. The SMILES string of the molecule is C=CC[NH+](Cc1cccn1Cc1cccc(F)c1)C(C)(C)CO. The quantitative estimate of drug-likeness (QED) is 0.717. The van der Waals surface area contributed by atoms with E-state index in [1.165, 1.54) is 11.0 Å². The van der Waals surface area contributed by atoms with E-state index in [2.05, 4.69) is 17.2 Å². The van der Waals surface area contributed by atoms with Crippen LogP contribution < -0.4 is 4.90 Å². The summed E-state index contributed by atoms with van der Waals surface area (Å²) in [6.45, 7) is 10.2. The molecule has 23 heavy (non-hydrogen) atoms. The van der Waals surface area contributed by atoms with Gasteiger partial charge in [-0.2, -0.15) is 0 Å². The van der Waals surface area contributed by atoms with Crippen molar-refractivity contribution in [2.24, 2.45) is 0 Å². The smallest absolute Gasteiger partial charge is 0.123 e. The highest BCUT2D eigenvalue weighted by atomic mass is 19.1. The number of aromatic nitrogens is 1. The molecule has 0 saturated carbocycles. The van der Waals surface area contributed by atoms with Crippen LogP contribution in [0.1, 0.15) is 25.1 Å². The van der Waals surface area contributed by atoms with E-state index in [0.29, 0.717) is 6.54 Å². The summed E-state index contributed by atoms with van der Waals surface area (Å²) in [4.78, 5) is 1.24. The van der Waals surface area contributed by atoms with E-state index in [1.807, 2.05) is 38.3 Å². The minimum Gasteiger partial charge on any atom is -0.390 e. The van der Waals surface area contributed by atoms with Gasteiger partial charge in [0.15, 0.2) is 0 Å². The summed E-state index contributed by atoms with van der Waals surface area (Å²) >= 11 is 0. The Balaban J connectivity index is 2.18. The zero-order chi connectivity index (χ0) is 16.9. The van der Waals surface area contributed by atoms with Crippen LogP contribution in [0.2, 0.25) is 0 Å². The van der Waals surface area contributed by atoms with Crippen molar-refractivity contribution < 1.29 is 14.4 Å². The molecule has 0 fully saturated rings. The first-order valence-corrected chi connectivity index (χ1v) is 7.91. The topological polar surface area (TPSA) is 29.6 Å². The molecule has 0 radical (unpaired) electrons. The molecule has 124 valence electrons.